The maximum atomic E-state index is 12.7. The lowest BCUT2D eigenvalue weighted by molar-refractivity contribution is -0.132. The molecule has 2 aliphatic rings. The van der Waals surface area contributed by atoms with Gasteiger partial charge in [0.1, 0.15) is 6.04 Å². The third-order valence-corrected chi connectivity index (χ3v) is 5.11. The van der Waals surface area contributed by atoms with Gasteiger partial charge in [-0.15, -0.1) is 0 Å². The Balaban J connectivity index is 1.59. The van der Waals surface area contributed by atoms with Crippen molar-refractivity contribution in [3.8, 4) is 0 Å². The van der Waals surface area contributed by atoms with Crippen LogP contribution in [0.5, 0.6) is 0 Å². The molecule has 0 bridgehead atoms. The molecule has 120 valence electrons. The first kappa shape index (κ1) is 15.5. The van der Waals surface area contributed by atoms with E-state index in [2.05, 4.69) is 4.90 Å². The van der Waals surface area contributed by atoms with Crippen molar-refractivity contribution < 1.29 is 4.79 Å². The molecule has 1 amide bonds. The highest BCUT2D eigenvalue weighted by molar-refractivity contribution is 5.83. The molecule has 1 aromatic rings. The van der Waals surface area contributed by atoms with Crippen molar-refractivity contribution in [2.24, 2.45) is 5.73 Å². The van der Waals surface area contributed by atoms with E-state index in [-0.39, 0.29) is 5.91 Å². The molecule has 4 nitrogen and oxygen atoms in total. The molecule has 0 aromatic heterocycles. The lowest BCUT2D eigenvalue weighted by Gasteiger charge is -2.28. The molecule has 1 aromatic carbocycles. The third-order valence-electron chi connectivity index (χ3n) is 5.11. The highest BCUT2D eigenvalue weighted by Gasteiger charge is 2.28. The average molecular weight is 301 g/mol. The van der Waals surface area contributed by atoms with Crippen molar-refractivity contribution in [2.45, 2.75) is 44.2 Å². The molecule has 1 atom stereocenters. The van der Waals surface area contributed by atoms with Crippen molar-refractivity contribution in [2.75, 3.05) is 26.2 Å². The van der Waals surface area contributed by atoms with Gasteiger partial charge in [-0.25, -0.2) is 0 Å². The smallest absolute Gasteiger partial charge is 0.244 e. The summed E-state index contributed by atoms with van der Waals surface area (Å²) < 4.78 is 0. The molecule has 1 heterocycles. The van der Waals surface area contributed by atoms with Crippen LogP contribution in [0.3, 0.4) is 0 Å². The Kier molecular flexibility index (Phi) is 5.11. The number of hydrogen-bond acceptors (Lipinski definition) is 3. The monoisotopic (exact) mass is 301 g/mol. The lowest BCUT2D eigenvalue weighted by atomic mass is 10.1. The zero-order valence-corrected chi connectivity index (χ0v) is 13.3. The number of hydrogen-bond donors (Lipinski definition) is 1. The number of carbonyl (C=O) groups is 1. The van der Waals surface area contributed by atoms with Crippen LogP contribution in [-0.4, -0.2) is 47.9 Å². The second kappa shape index (κ2) is 7.25. The van der Waals surface area contributed by atoms with Gasteiger partial charge in [0.2, 0.25) is 5.91 Å². The quantitative estimate of drug-likeness (QED) is 0.931. The Morgan fingerprint density at radius 3 is 2.45 bits per heavy atom. The predicted molar refractivity (Wildman–Crippen MR) is 88.4 cm³/mol. The predicted octanol–water partition coefficient (Wildman–Crippen LogP) is 2.16. The largest absolute Gasteiger partial charge is 0.340 e. The first-order valence-corrected chi connectivity index (χ1v) is 8.59. The van der Waals surface area contributed by atoms with Gasteiger partial charge >= 0.3 is 0 Å². The van der Waals surface area contributed by atoms with Gasteiger partial charge in [-0.05, 0) is 24.8 Å². The van der Waals surface area contributed by atoms with Crippen LogP contribution >= 0.6 is 0 Å². The highest BCUT2D eigenvalue weighted by Crippen LogP contribution is 2.24. The van der Waals surface area contributed by atoms with Crippen molar-refractivity contribution in [1.29, 1.82) is 0 Å². The van der Waals surface area contributed by atoms with Crippen LogP contribution in [0, 0.1) is 0 Å². The maximum Gasteiger partial charge on any atom is 0.244 e. The molecule has 0 unspecified atom stereocenters. The van der Waals surface area contributed by atoms with Crippen molar-refractivity contribution in [3.63, 3.8) is 0 Å². The maximum absolute atomic E-state index is 12.7. The molecule has 22 heavy (non-hydrogen) atoms. The van der Waals surface area contributed by atoms with Crippen LogP contribution in [0.25, 0.3) is 0 Å². The van der Waals surface area contributed by atoms with Gasteiger partial charge in [-0.3, -0.25) is 9.69 Å². The molecular weight excluding hydrogens is 274 g/mol. The standard InChI is InChI=1S/C18H27N3O/c19-17(15-7-2-1-3-8-15)18(22)21-12-6-11-20(13-14-21)16-9-4-5-10-16/h1-3,7-8,16-17H,4-6,9-14,19H2/t17-/m1/s1. The molecule has 2 fully saturated rings. The Morgan fingerprint density at radius 1 is 1.00 bits per heavy atom. The number of nitrogens with two attached hydrogens (primary N) is 1. The molecule has 4 heteroatoms. The molecule has 0 spiro atoms. The fourth-order valence-corrected chi connectivity index (χ4v) is 3.79. The first-order valence-electron chi connectivity index (χ1n) is 8.59. The summed E-state index contributed by atoms with van der Waals surface area (Å²) in [7, 11) is 0. The normalized spacial score (nSPS) is 22.5. The van der Waals surface area contributed by atoms with Crippen molar-refractivity contribution in [3.05, 3.63) is 35.9 Å². The minimum Gasteiger partial charge on any atom is -0.340 e. The topological polar surface area (TPSA) is 49.6 Å². The summed E-state index contributed by atoms with van der Waals surface area (Å²) in [5.41, 5.74) is 7.08. The highest BCUT2D eigenvalue weighted by atomic mass is 16.2. The van der Waals surface area contributed by atoms with Gasteiger partial charge in [0.25, 0.3) is 0 Å². The number of rotatable bonds is 3. The second-order valence-electron chi connectivity index (χ2n) is 6.54. The summed E-state index contributed by atoms with van der Waals surface area (Å²) in [5, 5.41) is 0. The van der Waals surface area contributed by atoms with E-state index < -0.39 is 6.04 Å². The number of carbonyl (C=O) groups excluding carboxylic acids is 1. The third kappa shape index (κ3) is 3.50. The molecule has 1 saturated carbocycles. The van der Waals surface area contributed by atoms with Gasteiger partial charge < -0.3 is 10.6 Å². The molecule has 1 aliphatic heterocycles. The average Bonchev–Trinajstić information content (AvgIpc) is 2.99. The molecule has 3 rings (SSSR count). The number of benzene rings is 1. The Morgan fingerprint density at radius 2 is 1.73 bits per heavy atom. The van der Waals surface area contributed by atoms with Crippen molar-refractivity contribution in [1.82, 2.24) is 9.80 Å². The van der Waals surface area contributed by atoms with E-state index in [1.54, 1.807) is 0 Å². The molecule has 1 aliphatic carbocycles. The summed E-state index contributed by atoms with van der Waals surface area (Å²) >= 11 is 0. The first-order chi connectivity index (χ1) is 10.8. The van der Waals surface area contributed by atoms with Crippen LogP contribution in [0.1, 0.15) is 43.7 Å². The van der Waals surface area contributed by atoms with E-state index in [1.165, 1.54) is 25.7 Å². The Labute approximate surface area is 133 Å². The lowest BCUT2D eigenvalue weighted by Crippen LogP contribution is -2.41. The van der Waals surface area contributed by atoms with Crippen LogP contribution in [0.15, 0.2) is 30.3 Å². The van der Waals surface area contributed by atoms with Crippen LogP contribution < -0.4 is 5.73 Å². The summed E-state index contributed by atoms with van der Waals surface area (Å²) in [6.07, 6.45) is 6.45. The minimum atomic E-state index is -0.528. The van der Waals surface area contributed by atoms with E-state index >= 15 is 0 Å². The Bertz CT molecular complexity index is 484. The molecular formula is C18H27N3O. The number of amides is 1. The Hall–Kier alpha value is -1.39. The fraction of sp³-hybridized carbons (Fsp3) is 0.611. The molecule has 0 radical (unpaired) electrons. The van der Waals surface area contributed by atoms with Gasteiger partial charge in [-0.1, -0.05) is 43.2 Å². The van der Waals surface area contributed by atoms with E-state index in [0.717, 1.165) is 44.2 Å². The van der Waals surface area contributed by atoms with E-state index in [0.29, 0.717) is 0 Å². The van der Waals surface area contributed by atoms with E-state index in [4.69, 9.17) is 5.73 Å². The summed E-state index contributed by atoms with van der Waals surface area (Å²) in [6, 6.07) is 9.92. The minimum absolute atomic E-state index is 0.0690. The van der Waals surface area contributed by atoms with E-state index in [9.17, 15) is 4.79 Å². The van der Waals surface area contributed by atoms with Crippen LogP contribution in [0.4, 0.5) is 0 Å². The fourth-order valence-electron chi connectivity index (χ4n) is 3.79. The second-order valence-corrected chi connectivity index (χ2v) is 6.54. The van der Waals surface area contributed by atoms with Crippen LogP contribution in [-0.2, 0) is 4.79 Å². The van der Waals surface area contributed by atoms with Crippen molar-refractivity contribution >= 4 is 5.91 Å². The summed E-state index contributed by atoms with van der Waals surface area (Å²) in [4.78, 5) is 17.2. The van der Waals surface area contributed by atoms with Gasteiger partial charge in [0.15, 0.2) is 0 Å². The zero-order chi connectivity index (χ0) is 15.4. The number of nitrogens with zero attached hydrogens (tertiary/aromatic N) is 2. The zero-order valence-electron chi connectivity index (χ0n) is 13.3. The SMILES string of the molecule is N[C@@H](C(=O)N1CCCN(C2CCCC2)CC1)c1ccccc1. The molecule has 1 saturated heterocycles. The van der Waals surface area contributed by atoms with Gasteiger partial charge in [0.05, 0.1) is 0 Å². The van der Waals surface area contributed by atoms with Crippen LogP contribution in [0.2, 0.25) is 0 Å². The molecule has 2 N–H and O–H groups in total. The van der Waals surface area contributed by atoms with E-state index in [1.807, 2.05) is 35.2 Å². The van der Waals surface area contributed by atoms with Gasteiger partial charge in [0, 0.05) is 32.2 Å². The summed E-state index contributed by atoms with van der Waals surface area (Å²) in [5.74, 6) is 0.0690. The van der Waals surface area contributed by atoms with Gasteiger partial charge in [-0.2, -0.15) is 0 Å². The summed E-state index contributed by atoms with van der Waals surface area (Å²) in [6.45, 7) is 3.77.